The van der Waals surface area contributed by atoms with Gasteiger partial charge in [-0.3, -0.25) is 10.1 Å². The van der Waals surface area contributed by atoms with Crippen LogP contribution in [-0.2, 0) is 18.3 Å². The molecule has 1 amide bonds. The number of methoxy groups -OCH3 is 1. The van der Waals surface area contributed by atoms with Crippen LogP contribution in [0.5, 0.6) is 5.75 Å². The lowest BCUT2D eigenvalue weighted by atomic mass is 10.2. The molecule has 0 aliphatic heterocycles. The quantitative estimate of drug-likeness (QED) is 0.620. The third-order valence-electron chi connectivity index (χ3n) is 3.53. The number of benzene rings is 1. The lowest BCUT2D eigenvalue weighted by Gasteiger charge is -2.08. The minimum Gasteiger partial charge on any atom is -0.496 e. The second-order valence-electron chi connectivity index (χ2n) is 5.26. The van der Waals surface area contributed by atoms with Crippen molar-refractivity contribution in [3.8, 4) is 17.1 Å². The number of thioether (sulfide) groups is 1. The SMILES string of the molecule is CCc1nnc(NC(=O)CSc2nnc(-c3ccccc3OC)n2C)s1. The molecule has 1 aromatic carbocycles. The smallest absolute Gasteiger partial charge is 0.236 e. The highest BCUT2D eigenvalue weighted by Gasteiger charge is 2.16. The number of carbonyl (C=O) groups excluding carboxylic acids is 1. The molecule has 26 heavy (non-hydrogen) atoms. The summed E-state index contributed by atoms with van der Waals surface area (Å²) in [5.74, 6) is 1.46. The summed E-state index contributed by atoms with van der Waals surface area (Å²) in [5, 5.41) is 21.1. The van der Waals surface area contributed by atoms with E-state index in [9.17, 15) is 4.79 Å². The van der Waals surface area contributed by atoms with E-state index in [1.165, 1.54) is 23.1 Å². The molecular formula is C16H18N6O2S2. The fourth-order valence-corrected chi connectivity index (χ4v) is 3.64. The van der Waals surface area contributed by atoms with Gasteiger partial charge in [-0.1, -0.05) is 42.2 Å². The molecule has 0 radical (unpaired) electrons. The Morgan fingerprint density at radius 3 is 2.81 bits per heavy atom. The van der Waals surface area contributed by atoms with Gasteiger partial charge in [-0.2, -0.15) is 0 Å². The molecule has 0 aliphatic carbocycles. The Hall–Kier alpha value is -2.46. The molecule has 0 saturated heterocycles. The number of aromatic nitrogens is 5. The molecule has 0 aliphatic rings. The van der Waals surface area contributed by atoms with Gasteiger partial charge in [-0.25, -0.2) is 0 Å². The van der Waals surface area contributed by atoms with Crippen LogP contribution < -0.4 is 10.1 Å². The van der Waals surface area contributed by atoms with Crippen LogP contribution in [0.25, 0.3) is 11.4 Å². The molecule has 0 atom stereocenters. The van der Waals surface area contributed by atoms with Crippen LogP contribution >= 0.6 is 23.1 Å². The Labute approximate surface area is 159 Å². The number of para-hydroxylation sites is 1. The Bertz CT molecular complexity index is 908. The van der Waals surface area contributed by atoms with Gasteiger partial charge in [0.25, 0.3) is 0 Å². The molecule has 2 heterocycles. The predicted molar refractivity (Wildman–Crippen MR) is 102 cm³/mol. The summed E-state index contributed by atoms with van der Waals surface area (Å²) in [4.78, 5) is 12.1. The number of aryl methyl sites for hydroxylation is 1. The molecule has 2 aromatic heterocycles. The van der Waals surface area contributed by atoms with Gasteiger partial charge in [0, 0.05) is 7.05 Å². The van der Waals surface area contributed by atoms with Crippen molar-refractivity contribution in [2.24, 2.45) is 7.05 Å². The summed E-state index contributed by atoms with van der Waals surface area (Å²) in [6.45, 7) is 2.00. The number of carbonyl (C=O) groups is 1. The largest absolute Gasteiger partial charge is 0.496 e. The highest BCUT2D eigenvalue weighted by Crippen LogP contribution is 2.30. The highest BCUT2D eigenvalue weighted by molar-refractivity contribution is 7.99. The van der Waals surface area contributed by atoms with E-state index < -0.39 is 0 Å². The van der Waals surface area contributed by atoms with E-state index in [-0.39, 0.29) is 11.7 Å². The fourth-order valence-electron chi connectivity index (χ4n) is 2.24. The van der Waals surface area contributed by atoms with E-state index in [1.807, 2.05) is 42.8 Å². The van der Waals surface area contributed by atoms with Crippen LogP contribution in [0.2, 0.25) is 0 Å². The second-order valence-corrected chi connectivity index (χ2v) is 7.26. The molecule has 0 unspecified atom stereocenters. The predicted octanol–water partition coefficient (Wildman–Crippen LogP) is 2.64. The normalized spacial score (nSPS) is 10.7. The second kappa shape index (κ2) is 8.28. The standard InChI is InChI=1S/C16H18N6O2S2/c1-4-13-18-20-15(26-13)17-12(23)9-25-16-21-19-14(22(16)2)10-7-5-6-8-11(10)24-3/h5-8H,4,9H2,1-3H3,(H,17,20,23). The zero-order valence-corrected chi connectivity index (χ0v) is 16.2. The van der Waals surface area contributed by atoms with Gasteiger partial charge in [-0.15, -0.1) is 20.4 Å². The highest BCUT2D eigenvalue weighted by atomic mass is 32.2. The molecule has 0 bridgehead atoms. The third-order valence-corrected chi connectivity index (χ3v) is 5.53. The van der Waals surface area contributed by atoms with E-state index in [1.54, 1.807) is 7.11 Å². The molecule has 10 heteroatoms. The molecule has 3 aromatic rings. The maximum Gasteiger partial charge on any atom is 0.236 e. The molecule has 136 valence electrons. The number of hydrogen-bond donors (Lipinski definition) is 1. The fraction of sp³-hybridized carbons (Fsp3) is 0.312. The number of nitrogens with zero attached hydrogens (tertiary/aromatic N) is 5. The zero-order chi connectivity index (χ0) is 18.5. The number of rotatable bonds is 7. The number of ether oxygens (including phenoxy) is 1. The maximum atomic E-state index is 12.1. The lowest BCUT2D eigenvalue weighted by molar-refractivity contribution is -0.113. The summed E-state index contributed by atoms with van der Waals surface area (Å²) in [7, 11) is 3.48. The Morgan fingerprint density at radius 2 is 2.08 bits per heavy atom. The first-order valence-corrected chi connectivity index (χ1v) is 9.70. The summed E-state index contributed by atoms with van der Waals surface area (Å²) in [6.07, 6.45) is 0.799. The van der Waals surface area contributed by atoms with Gasteiger partial charge in [0.1, 0.15) is 10.8 Å². The van der Waals surface area contributed by atoms with E-state index in [0.717, 1.165) is 22.7 Å². The Kier molecular flexibility index (Phi) is 5.84. The molecule has 0 saturated carbocycles. The van der Waals surface area contributed by atoms with Crippen LogP contribution in [0, 0.1) is 0 Å². The average Bonchev–Trinajstić information content (AvgIpc) is 3.26. The summed E-state index contributed by atoms with van der Waals surface area (Å²) < 4.78 is 7.22. The maximum absolute atomic E-state index is 12.1. The van der Waals surface area contributed by atoms with E-state index in [0.29, 0.717) is 16.1 Å². The minimum absolute atomic E-state index is 0.157. The Morgan fingerprint density at radius 1 is 1.27 bits per heavy atom. The van der Waals surface area contributed by atoms with Crippen molar-refractivity contribution in [1.82, 2.24) is 25.0 Å². The number of anilines is 1. The van der Waals surface area contributed by atoms with E-state index >= 15 is 0 Å². The van der Waals surface area contributed by atoms with Crippen LogP contribution in [0.15, 0.2) is 29.4 Å². The van der Waals surface area contributed by atoms with Gasteiger partial charge in [0.05, 0.1) is 18.4 Å². The topological polar surface area (TPSA) is 94.8 Å². The van der Waals surface area contributed by atoms with E-state index in [4.69, 9.17) is 4.74 Å². The van der Waals surface area contributed by atoms with Crippen molar-refractivity contribution in [2.45, 2.75) is 18.5 Å². The number of amides is 1. The van der Waals surface area contributed by atoms with E-state index in [2.05, 4.69) is 25.7 Å². The van der Waals surface area contributed by atoms with Crippen LogP contribution in [0.4, 0.5) is 5.13 Å². The molecule has 0 spiro atoms. The summed E-state index contributed by atoms with van der Waals surface area (Å²) in [5.41, 5.74) is 0.849. The molecule has 3 rings (SSSR count). The number of nitrogens with one attached hydrogen (secondary N) is 1. The van der Waals surface area contributed by atoms with Crippen molar-refractivity contribution in [2.75, 3.05) is 18.2 Å². The first-order valence-electron chi connectivity index (χ1n) is 7.90. The molecule has 0 fully saturated rings. The third kappa shape index (κ3) is 4.02. The van der Waals surface area contributed by atoms with Crippen LogP contribution in [0.1, 0.15) is 11.9 Å². The zero-order valence-electron chi connectivity index (χ0n) is 14.6. The summed E-state index contributed by atoms with van der Waals surface area (Å²) >= 11 is 2.69. The van der Waals surface area contributed by atoms with Gasteiger partial charge >= 0.3 is 0 Å². The van der Waals surface area contributed by atoms with Crippen LogP contribution in [-0.4, -0.2) is 43.7 Å². The average molecular weight is 390 g/mol. The molecule has 8 nitrogen and oxygen atoms in total. The van der Waals surface area contributed by atoms with Gasteiger partial charge in [0.2, 0.25) is 11.0 Å². The Balaban J connectivity index is 1.66. The number of hydrogen-bond acceptors (Lipinski definition) is 8. The first-order chi connectivity index (χ1) is 12.6. The van der Waals surface area contributed by atoms with Crippen molar-refractivity contribution in [3.05, 3.63) is 29.3 Å². The van der Waals surface area contributed by atoms with Crippen LogP contribution in [0.3, 0.4) is 0 Å². The monoisotopic (exact) mass is 390 g/mol. The van der Waals surface area contributed by atoms with Gasteiger partial charge < -0.3 is 9.30 Å². The lowest BCUT2D eigenvalue weighted by Crippen LogP contribution is -2.14. The van der Waals surface area contributed by atoms with Gasteiger partial charge in [0.15, 0.2) is 11.0 Å². The summed E-state index contributed by atoms with van der Waals surface area (Å²) in [6, 6.07) is 7.61. The van der Waals surface area contributed by atoms with Gasteiger partial charge in [-0.05, 0) is 18.6 Å². The minimum atomic E-state index is -0.157. The van der Waals surface area contributed by atoms with Crippen molar-refractivity contribution in [3.63, 3.8) is 0 Å². The van der Waals surface area contributed by atoms with Crippen molar-refractivity contribution in [1.29, 1.82) is 0 Å². The molecular weight excluding hydrogens is 372 g/mol. The van der Waals surface area contributed by atoms with Crippen molar-refractivity contribution >= 4 is 34.1 Å². The van der Waals surface area contributed by atoms with Crippen molar-refractivity contribution < 1.29 is 9.53 Å². The molecule has 1 N–H and O–H groups in total. The first kappa shape index (κ1) is 18.3.